The lowest BCUT2D eigenvalue weighted by molar-refractivity contribution is -0.113. The van der Waals surface area contributed by atoms with Gasteiger partial charge in [0, 0.05) is 4.47 Å². The number of carbonyl (C=O) groups is 1. The molecule has 0 fully saturated rings. The summed E-state index contributed by atoms with van der Waals surface area (Å²) in [4.78, 5) is 9.47. The number of rotatable bonds is 4. The Kier molecular flexibility index (Phi) is 7.61. The first-order chi connectivity index (χ1) is 10.4. The highest BCUT2D eigenvalue weighted by atomic mass is 79.9. The Morgan fingerprint density at radius 3 is 2.27 bits per heavy atom. The number of nitrogens with two attached hydrogens (primary N) is 1. The molecule has 0 unspecified atom stereocenters. The summed E-state index contributed by atoms with van der Waals surface area (Å²) in [6.45, 7) is 7.42. The molecule has 0 aliphatic rings. The molecule has 0 aliphatic heterocycles. The van der Waals surface area contributed by atoms with Crippen LogP contribution in [-0.4, -0.2) is 5.91 Å². The Morgan fingerprint density at radius 2 is 1.73 bits per heavy atom. The van der Waals surface area contributed by atoms with E-state index in [-0.39, 0.29) is 0 Å². The van der Waals surface area contributed by atoms with Crippen molar-refractivity contribution in [2.45, 2.75) is 26.7 Å². The summed E-state index contributed by atoms with van der Waals surface area (Å²) >= 11 is 3.58. The van der Waals surface area contributed by atoms with Crippen molar-refractivity contribution in [3.8, 4) is 0 Å². The monoisotopic (exact) mass is 359 g/mol. The zero-order chi connectivity index (χ0) is 16.5. The van der Waals surface area contributed by atoms with Crippen LogP contribution in [0.4, 0.5) is 0 Å². The number of amides is 1. The molecule has 116 valence electrons. The molecular weight excluding hydrogens is 338 g/mol. The third kappa shape index (κ3) is 6.27. The molecule has 0 spiro atoms. The molecule has 22 heavy (non-hydrogen) atoms. The summed E-state index contributed by atoms with van der Waals surface area (Å²) in [6, 6.07) is 15.2. The fraction of sp³-hybridized carbons (Fsp3) is 0.211. The number of hydrogen-bond acceptors (Lipinski definition) is 1. The van der Waals surface area contributed by atoms with Crippen LogP contribution in [0.25, 0.3) is 0 Å². The molecular formula is C19H22BrNO. The van der Waals surface area contributed by atoms with E-state index in [0.717, 1.165) is 18.9 Å². The highest BCUT2D eigenvalue weighted by Gasteiger charge is 2.03. The van der Waals surface area contributed by atoms with E-state index >= 15 is 0 Å². The van der Waals surface area contributed by atoms with Crippen LogP contribution in [0.1, 0.15) is 22.3 Å². The summed E-state index contributed by atoms with van der Waals surface area (Å²) in [5, 5.41) is 0. The minimum absolute atomic E-state index is 0.481. The van der Waals surface area contributed by atoms with E-state index < -0.39 is 5.91 Å². The van der Waals surface area contributed by atoms with Gasteiger partial charge in [0.2, 0.25) is 5.91 Å². The van der Waals surface area contributed by atoms with E-state index in [9.17, 15) is 4.79 Å². The second kappa shape index (κ2) is 9.21. The highest BCUT2D eigenvalue weighted by Crippen LogP contribution is 2.22. The summed E-state index contributed by atoms with van der Waals surface area (Å²) in [5.41, 5.74) is 10.1. The maximum atomic E-state index is 9.47. The molecule has 2 aromatic rings. The van der Waals surface area contributed by atoms with Crippen LogP contribution < -0.4 is 5.73 Å². The van der Waals surface area contributed by atoms with Gasteiger partial charge in [0.05, 0.1) is 0 Å². The van der Waals surface area contributed by atoms with E-state index in [1.165, 1.54) is 26.7 Å². The van der Waals surface area contributed by atoms with Crippen LogP contribution in [0.5, 0.6) is 0 Å². The van der Waals surface area contributed by atoms with Gasteiger partial charge in [-0.05, 0) is 61.1 Å². The largest absolute Gasteiger partial charge is 0.366 e. The van der Waals surface area contributed by atoms with E-state index in [0.29, 0.717) is 0 Å². The molecule has 0 atom stereocenters. The molecule has 0 bridgehead atoms. The minimum Gasteiger partial charge on any atom is -0.366 e. The summed E-state index contributed by atoms with van der Waals surface area (Å²) < 4.78 is 1.21. The van der Waals surface area contributed by atoms with Gasteiger partial charge in [-0.2, -0.15) is 0 Å². The molecule has 0 saturated heterocycles. The Hall–Kier alpha value is -1.87. The fourth-order valence-electron chi connectivity index (χ4n) is 2.03. The maximum absolute atomic E-state index is 9.47. The number of carbonyl (C=O) groups excluding carboxylic acids is 1. The van der Waals surface area contributed by atoms with Crippen LogP contribution in [0.2, 0.25) is 0 Å². The minimum atomic E-state index is -0.481. The molecule has 2 aromatic carbocycles. The predicted molar refractivity (Wildman–Crippen MR) is 96.9 cm³/mol. The first-order valence-corrected chi connectivity index (χ1v) is 7.94. The quantitative estimate of drug-likeness (QED) is 0.801. The first-order valence-electron chi connectivity index (χ1n) is 7.15. The van der Waals surface area contributed by atoms with Crippen molar-refractivity contribution in [2.75, 3.05) is 0 Å². The van der Waals surface area contributed by atoms with Gasteiger partial charge < -0.3 is 5.73 Å². The van der Waals surface area contributed by atoms with Crippen molar-refractivity contribution in [2.24, 2.45) is 5.73 Å². The van der Waals surface area contributed by atoms with Gasteiger partial charge in [-0.15, -0.1) is 0 Å². The average molecular weight is 360 g/mol. The molecule has 2 nitrogen and oxygen atoms in total. The predicted octanol–water partition coefficient (Wildman–Crippen LogP) is 4.51. The lowest BCUT2D eigenvalue weighted by Crippen LogP contribution is -2.04. The van der Waals surface area contributed by atoms with E-state index in [4.69, 9.17) is 0 Å². The zero-order valence-corrected chi connectivity index (χ0v) is 14.7. The molecule has 0 aromatic heterocycles. The highest BCUT2D eigenvalue weighted by molar-refractivity contribution is 9.10. The van der Waals surface area contributed by atoms with Crippen LogP contribution in [0, 0.1) is 13.8 Å². The molecule has 2 N–H and O–H groups in total. The number of primary amides is 1. The SMILES string of the molecule is C=CC(N)=O.Cc1cc(CCc2ccccc2)c(C)cc1Br. The van der Waals surface area contributed by atoms with Crippen LogP contribution in [0.15, 0.2) is 59.6 Å². The smallest absolute Gasteiger partial charge is 0.240 e. The van der Waals surface area contributed by atoms with E-state index in [1.807, 2.05) is 0 Å². The zero-order valence-electron chi connectivity index (χ0n) is 13.1. The molecule has 0 aliphatic carbocycles. The van der Waals surface area contributed by atoms with Gasteiger partial charge in [-0.3, -0.25) is 4.79 Å². The average Bonchev–Trinajstić information content (AvgIpc) is 2.51. The standard InChI is InChI=1S/C16H17Br.C3H5NO/c1-12-11-16(17)13(2)10-15(12)9-8-14-6-4-3-5-7-14;1-2-3(4)5/h3-7,10-11H,8-9H2,1-2H3;2H,1H2,(H2,4,5). The van der Waals surface area contributed by atoms with Gasteiger partial charge in [-0.1, -0.05) is 58.9 Å². The van der Waals surface area contributed by atoms with Crippen molar-refractivity contribution >= 4 is 21.8 Å². The van der Waals surface area contributed by atoms with Crippen molar-refractivity contribution in [3.63, 3.8) is 0 Å². The number of hydrogen-bond donors (Lipinski definition) is 1. The van der Waals surface area contributed by atoms with Gasteiger partial charge in [0.15, 0.2) is 0 Å². The molecule has 1 amide bonds. The van der Waals surface area contributed by atoms with E-state index in [1.54, 1.807) is 0 Å². The third-order valence-electron chi connectivity index (χ3n) is 3.34. The second-order valence-corrected chi connectivity index (χ2v) is 5.97. The van der Waals surface area contributed by atoms with Crippen molar-refractivity contribution in [1.29, 1.82) is 0 Å². The van der Waals surface area contributed by atoms with Gasteiger partial charge in [0.25, 0.3) is 0 Å². The lowest BCUT2D eigenvalue weighted by atomic mass is 9.99. The lowest BCUT2D eigenvalue weighted by Gasteiger charge is -2.09. The van der Waals surface area contributed by atoms with Crippen molar-refractivity contribution < 1.29 is 4.79 Å². The molecule has 0 saturated carbocycles. The van der Waals surface area contributed by atoms with Crippen molar-refractivity contribution in [1.82, 2.24) is 0 Å². The Balaban J connectivity index is 0.000000422. The van der Waals surface area contributed by atoms with Crippen LogP contribution in [0.3, 0.4) is 0 Å². The molecule has 0 radical (unpaired) electrons. The Bertz CT molecular complexity index is 635. The topological polar surface area (TPSA) is 43.1 Å². The van der Waals surface area contributed by atoms with E-state index in [2.05, 4.69) is 84.6 Å². The summed E-state index contributed by atoms with van der Waals surface area (Å²) in [5.74, 6) is -0.481. The normalized spacial score (nSPS) is 9.59. The summed E-state index contributed by atoms with van der Waals surface area (Å²) in [7, 11) is 0. The Morgan fingerprint density at radius 1 is 1.14 bits per heavy atom. The van der Waals surface area contributed by atoms with Crippen molar-refractivity contribution in [3.05, 3.63) is 81.8 Å². The number of aryl methyl sites for hydroxylation is 4. The van der Waals surface area contributed by atoms with Gasteiger partial charge in [0.1, 0.15) is 0 Å². The Labute approximate surface area is 141 Å². The molecule has 2 rings (SSSR count). The van der Waals surface area contributed by atoms with Crippen LogP contribution in [-0.2, 0) is 17.6 Å². The first kappa shape index (κ1) is 18.2. The molecule has 3 heteroatoms. The van der Waals surface area contributed by atoms with Gasteiger partial charge >= 0.3 is 0 Å². The maximum Gasteiger partial charge on any atom is 0.240 e. The second-order valence-electron chi connectivity index (χ2n) is 5.12. The van der Waals surface area contributed by atoms with Gasteiger partial charge in [-0.25, -0.2) is 0 Å². The summed E-state index contributed by atoms with van der Waals surface area (Å²) in [6.07, 6.45) is 3.28. The number of benzene rings is 2. The van der Waals surface area contributed by atoms with Crippen LogP contribution >= 0.6 is 15.9 Å². The third-order valence-corrected chi connectivity index (χ3v) is 4.20. The fourth-order valence-corrected chi connectivity index (χ4v) is 2.49. The molecule has 0 heterocycles. The number of halogens is 1.